The summed E-state index contributed by atoms with van der Waals surface area (Å²) < 4.78 is 0. The predicted octanol–water partition coefficient (Wildman–Crippen LogP) is 4.82. The molecule has 2 heteroatoms. The van der Waals surface area contributed by atoms with Crippen LogP contribution < -0.4 is 0 Å². The third-order valence-electron chi connectivity index (χ3n) is 4.26. The molecule has 0 radical (unpaired) electrons. The number of hydrogen-bond donors (Lipinski definition) is 2. The van der Waals surface area contributed by atoms with E-state index in [1.165, 1.54) is 57.8 Å². The van der Waals surface area contributed by atoms with Crippen molar-refractivity contribution in [1.82, 2.24) is 0 Å². The molecule has 2 unspecified atom stereocenters. The lowest BCUT2D eigenvalue weighted by molar-refractivity contribution is -0.0678. The Morgan fingerprint density at radius 2 is 1.21 bits per heavy atom. The minimum Gasteiger partial charge on any atom is -0.390 e. The van der Waals surface area contributed by atoms with Gasteiger partial charge in [0.25, 0.3) is 0 Å². The Hall–Kier alpha value is -0.0800. The van der Waals surface area contributed by atoms with E-state index in [4.69, 9.17) is 0 Å². The van der Waals surface area contributed by atoms with Crippen molar-refractivity contribution in [3.05, 3.63) is 0 Å². The van der Waals surface area contributed by atoms with Gasteiger partial charge in [0.15, 0.2) is 0 Å². The first-order chi connectivity index (χ1) is 9.04. The Balaban J connectivity index is 3.27. The second kappa shape index (κ2) is 11.7. The molecular formula is C17H36O2. The van der Waals surface area contributed by atoms with Crippen LogP contribution in [0.15, 0.2) is 0 Å². The van der Waals surface area contributed by atoms with Crippen molar-refractivity contribution in [2.45, 2.75) is 110 Å². The highest BCUT2D eigenvalue weighted by Crippen LogP contribution is 2.20. The molecule has 116 valence electrons. The molecule has 0 aromatic rings. The van der Waals surface area contributed by atoms with Crippen molar-refractivity contribution in [3.8, 4) is 0 Å². The third-order valence-corrected chi connectivity index (χ3v) is 4.26. The molecule has 2 atom stereocenters. The van der Waals surface area contributed by atoms with E-state index >= 15 is 0 Å². The minimum atomic E-state index is -0.903. The molecule has 0 aliphatic rings. The van der Waals surface area contributed by atoms with Crippen LogP contribution in [0.5, 0.6) is 0 Å². The molecule has 0 spiro atoms. The second-order valence-electron chi connectivity index (χ2n) is 6.20. The normalized spacial score (nSPS) is 16.3. The van der Waals surface area contributed by atoms with E-state index in [-0.39, 0.29) is 0 Å². The van der Waals surface area contributed by atoms with Crippen LogP contribution in [0.3, 0.4) is 0 Å². The summed E-state index contributed by atoms with van der Waals surface area (Å²) in [4.78, 5) is 0. The molecule has 2 N–H and O–H groups in total. The van der Waals surface area contributed by atoms with Crippen LogP contribution in [0, 0.1) is 0 Å². The molecule has 0 aromatic heterocycles. The lowest BCUT2D eigenvalue weighted by Gasteiger charge is -2.27. The van der Waals surface area contributed by atoms with E-state index in [9.17, 15) is 10.2 Å². The van der Waals surface area contributed by atoms with Crippen molar-refractivity contribution in [3.63, 3.8) is 0 Å². The van der Waals surface area contributed by atoms with Crippen LogP contribution in [-0.4, -0.2) is 21.9 Å². The first kappa shape index (κ1) is 18.9. The number of aliphatic hydroxyl groups excluding tert-OH is 1. The van der Waals surface area contributed by atoms with Gasteiger partial charge in [0.1, 0.15) is 0 Å². The first-order valence-corrected chi connectivity index (χ1v) is 8.45. The van der Waals surface area contributed by atoms with Gasteiger partial charge in [-0.3, -0.25) is 0 Å². The number of rotatable bonds is 13. The lowest BCUT2D eigenvalue weighted by Crippen LogP contribution is -2.38. The molecule has 0 aliphatic carbocycles. The number of hydrogen-bond acceptors (Lipinski definition) is 2. The summed E-state index contributed by atoms with van der Waals surface area (Å²) in [6, 6.07) is 0. The molecule has 0 amide bonds. The zero-order valence-electron chi connectivity index (χ0n) is 13.5. The maximum absolute atomic E-state index is 9.89. The van der Waals surface area contributed by atoms with Crippen LogP contribution in [0.1, 0.15) is 97.8 Å². The molecule has 0 saturated carbocycles. The molecule has 0 bridgehead atoms. The fourth-order valence-corrected chi connectivity index (χ4v) is 2.37. The average molecular weight is 272 g/mol. The molecule has 0 heterocycles. The number of aliphatic hydroxyl groups is 2. The third kappa shape index (κ3) is 10.4. The van der Waals surface area contributed by atoms with Gasteiger partial charge in [0.05, 0.1) is 11.7 Å². The van der Waals surface area contributed by atoms with E-state index in [0.29, 0.717) is 6.42 Å². The monoisotopic (exact) mass is 272 g/mol. The van der Waals surface area contributed by atoms with Crippen molar-refractivity contribution in [1.29, 1.82) is 0 Å². The minimum absolute atomic E-state index is 0.563. The summed E-state index contributed by atoms with van der Waals surface area (Å²) >= 11 is 0. The SMILES string of the molecule is CCCCCCCCCCCCC(O)C(C)(O)CC. The van der Waals surface area contributed by atoms with Gasteiger partial charge in [-0.15, -0.1) is 0 Å². The van der Waals surface area contributed by atoms with E-state index in [2.05, 4.69) is 6.92 Å². The van der Waals surface area contributed by atoms with Gasteiger partial charge in [0.2, 0.25) is 0 Å². The van der Waals surface area contributed by atoms with E-state index < -0.39 is 11.7 Å². The fourth-order valence-electron chi connectivity index (χ4n) is 2.37. The molecule has 0 aliphatic heterocycles. The van der Waals surface area contributed by atoms with Crippen LogP contribution in [-0.2, 0) is 0 Å². The van der Waals surface area contributed by atoms with Gasteiger partial charge in [-0.1, -0.05) is 78.1 Å². The molecule has 0 aromatic carbocycles. The lowest BCUT2D eigenvalue weighted by atomic mass is 9.92. The van der Waals surface area contributed by atoms with Crippen LogP contribution in [0.25, 0.3) is 0 Å². The van der Waals surface area contributed by atoms with Gasteiger partial charge in [-0.05, 0) is 19.8 Å². The van der Waals surface area contributed by atoms with Crippen molar-refractivity contribution >= 4 is 0 Å². The van der Waals surface area contributed by atoms with Gasteiger partial charge in [-0.25, -0.2) is 0 Å². The topological polar surface area (TPSA) is 40.5 Å². The standard InChI is InChI=1S/C17H36O2/c1-4-6-7-8-9-10-11-12-13-14-15-16(18)17(3,19)5-2/h16,18-19H,4-15H2,1-3H3. The number of unbranched alkanes of at least 4 members (excludes halogenated alkanes) is 9. The maximum Gasteiger partial charge on any atom is 0.0874 e. The second-order valence-corrected chi connectivity index (χ2v) is 6.20. The Bertz CT molecular complexity index is 190. The quantitative estimate of drug-likeness (QED) is 0.472. The first-order valence-electron chi connectivity index (χ1n) is 8.45. The molecule has 0 rings (SSSR count). The average Bonchev–Trinajstić information content (AvgIpc) is 2.40. The molecule has 2 nitrogen and oxygen atoms in total. The van der Waals surface area contributed by atoms with Crippen molar-refractivity contribution < 1.29 is 10.2 Å². The van der Waals surface area contributed by atoms with Crippen LogP contribution in [0.4, 0.5) is 0 Å². The Kier molecular flexibility index (Phi) is 11.7. The Morgan fingerprint density at radius 1 is 0.789 bits per heavy atom. The molecule has 19 heavy (non-hydrogen) atoms. The summed E-state index contributed by atoms with van der Waals surface area (Å²) in [6.07, 6.45) is 13.8. The van der Waals surface area contributed by atoms with E-state index in [0.717, 1.165) is 12.8 Å². The summed E-state index contributed by atoms with van der Waals surface area (Å²) in [5, 5.41) is 19.7. The van der Waals surface area contributed by atoms with Gasteiger partial charge >= 0.3 is 0 Å². The van der Waals surface area contributed by atoms with E-state index in [1.54, 1.807) is 6.92 Å². The molecule has 0 saturated heterocycles. The Labute approximate surface area is 120 Å². The highest BCUT2D eigenvalue weighted by atomic mass is 16.3. The molecular weight excluding hydrogens is 236 g/mol. The van der Waals surface area contributed by atoms with Gasteiger partial charge < -0.3 is 10.2 Å². The summed E-state index contributed by atoms with van der Waals surface area (Å²) in [5.41, 5.74) is -0.903. The fraction of sp³-hybridized carbons (Fsp3) is 1.00. The summed E-state index contributed by atoms with van der Waals surface area (Å²) in [7, 11) is 0. The van der Waals surface area contributed by atoms with Crippen LogP contribution >= 0.6 is 0 Å². The zero-order chi connectivity index (χ0) is 14.6. The van der Waals surface area contributed by atoms with Crippen LogP contribution in [0.2, 0.25) is 0 Å². The Morgan fingerprint density at radius 3 is 1.63 bits per heavy atom. The summed E-state index contributed by atoms with van der Waals surface area (Å²) in [6.45, 7) is 5.90. The van der Waals surface area contributed by atoms with Crippen molar-refractivity contribution in [2.75, 3.05) is 0 Å². The largest absolute Gasteiger partial charge is 0.390 e. The zero-order valence-corrected chi connectivity index (χ0v) is 13.5. The highest BCUT2D eigenvalue weighted by Gasteiger charge is 2.27. The van der Waals surface area contributed by atoms with Gasteiger partial charge in [0, 0.05) is 0 Å². The van der Waals surface area contributed by atoms with E-state index in [1.807, 2.05) is 6.92 Å². The highest BCUT2D eigenvalue weighted by molar-refractivity contribution is 4.79. The summed E-state index contributed by atoms with van der Waals surface area (Å²) in [5.74, 6) is 0. The van der Waals surface area contributed by atoms with Crippen molar-refractivity contribution in [2.24, 2.45) is 0 Å². The maximum atomic E-state index is 9.89. The smallest absolute Gasteiger partial charge is 0.0874 e. The predicted molar refractivity (Wildman–Crippen MR) is 83.4 cm³/mol. The molecule has 0 fully saturated rings. The van der Waals surface area contributed by atoms with Gasteiger partial charge in [-0.2, -0.15) is 0 Å².